The second-order valence-corrected chi connectivity index (χ2v) is 16.0. The summed E-state index contributed by atoms with van der Waals surface area (Å²) < 4.78 is 38.6. The summed E-state index contributed by atoms with van der Waals surface area (Å²) in [5, 5.41) is 11.7. The van der Waals surface area contributed by atoms with Crippen molar-refractivity contribution < 1.29 is 37.1 Å². The molecule has 5 rings (SSSR count). The van der Waals surface area contributed by atoms with E-state index < -0.39 is 32.8 Å². The number of benzene rings is 1. The average molecular weight is 786 g/mol. The molecule has 2 heterocycles. The van der Waals surface area contributed by atoms with E-state index in [1.54, 1.807) is 49.4 Å². The van der Waals surface area contributed by atoms with Crippen LogP contribution in [-0.2, 0) is 37.5 Å². The summed E-state index contributed by atoms with van der Waals surface area (Å²) in [6, 6.07) is 4.23. The highest BCUT2D eigenvalue weighted by Crippen LogP contribution is 2.44. The number of primary amides is 1. The summed E-state index contributed by atoms with van der Waals surface area (Å²) in [6.07, 6.45) is 20.1. The van der Waals surface area contributed by atoms with Crippen LogP contribution in [0.25, 0.3) is 0 Å². The Morgan fingerprint density at radius 1 is 1.11 bits per heavy atom. The minimum Gasteiger partial charge on any atom is -0.465 e. The fourth-order valence-electron chi connectivity index (χ4n) is 5.88. The zero-order valence-electron chi connectivity index (χ0n) is 32.8. The third-order valence-corrected chi connectivity index (χ3v) is 11.8. The Morgan fingerprint density at radius 3 is 2.40 bits per heavy atom. The minimum absolute atomic E-state index is 0.115. The number of carbonyl (C=O) groups excluding carboxylic acids is 3. The first kappa shape index (κ1) is 46.4. The molecule has 12 nitrogen and oxygen atoms in total. The number of carboxylic acid groups (broad SMARTS) is 1. The molecule has 2 aliphatic carbocycles. The zero-order chi connectivity index (χ0) is 41.2. The van der Waals surface area contributed by atoms with Gasteiger partial charge < -0.3 is 21.1 Å². The number of nitrogens with zero attached hydrogens (tertiary/aromatic N) is 2. The quantitative estimate of drug-likeness (QED) is 0.0888. The second kappa shape index (κ2) is 22.6. The van der Waals surface area contributed by atoms with E-state index in [0.717, 1.165) is 30.5 Å². The number of amides is 4. The van der Waals surface area contributed by atoms with Gasteiger partial charge in [-0.05, 0) is 81.6 Å². The van der Waals surface area contributed by atoms with E-state index in [4.69, 9.17) is 10.8 Å². The molecule has 4 aliphatic rings. The highest BCUT2D eigenvalue weighted by Gasteiger charge is 2.52. The van der Waals surface area contributed by atoms with Crippen LogP contribution >= 0.6 is 0 Å². The topological polar surface area (TPSA) is 179 Å². The maximum absolute atomic E-state index is 13.1. The van der Waals surface area contributed by atoms with E-state index in [-0.39, 0.29) is 42.6 Å². The van der Waals surface area contributed by atoms with Crippen molar-refractivity contribution in [2.24, 2.45) is 17.6 Å². The lowest BCUT2D eigenvalue weighted by Gasteiger charge is -2.22. The fourth-order valence-corrected chi connectivity index (χ4v) is 7.18. The Hall–Kier alpha value is -4.72. The Morgan fingerprint density at radius 2 is 1.82 bits per heavy atom. The molecule has 1 saturated heterocycles. The maximum atomic E-state index is 13.1. The Balaban J connectivity index is 0.000000284. The van der Waals surface area contributed by atoms with Gasteiger partial charge in [0.25, 0.3) is 0 Å². The number of halogens is 1. The summed E-state index contributed by atoms with van der Waals surface area (Å²) in [4.78, 5) is 48.5. The van der Waals surface area contributed by atoms with Gasteiger partial charge in [-0.2, -0.15) is 0 Å². The van der Waals surface area contributed by atoms with Gasteiger partial charge in [0, 0.05) is 30.3 Å². The molecule has 5 N–H and O–H groups in total. The molecule has 304 valence electrons. The molecule has 55 heavy (non-hydrogen) atoms. The first-order valence-electron chi connectivity index (χ1n) is 19.1. The van der Waals surface area contributed by atoms with Crippen molar-refractivity contribution >= 4 is 33.8 Å². The fraction of sp³-hybridized carbons (Fsp3) is 0.512. The van der Waals surface area contributed by atoms with Crippen molar-refractivity contribution in [1.82, 2.24) is 19.8 Å². The number of sulfonamides is 1. The molecule has 14 heteroatoms. The smallest absolute Gasteiger partial charge is 0.407 e. The predicted octanol–water partition coefficient (Wildman–Crippen LogP) is 6.47. The van der Waals surface area contributed by atoms with Crippen molar-refractivity contribution in [2.45, 2.75) is 109 Å². The summed E-state index contributed by atoms with van der Waals surface area (Å²) in [5.74, 6) is -1.12. The van der Waals surface area contributed by atoms with Gasteiger partial charge in [-0.1, -0.05) is 89.3 Å². The van der Waals surface area contributed by atoms with E-state index in [0.29, 0.717) is 37.9 Å². The number of hydrogen-bond donors (Lipinski definition) is 4. The van der Waals surface area contributed by atoms with Crippen molar-refractivity contribution in [3.63, 3.8) is 0 Å². The monoisotopic (exact) mass is 785 g/mol. The number of carbonyl (C=O) groups is 4. The number of fused-ring (bicyclic) bond motifs is 1. The van der Waals surface area contributed by atoms with Crippen molar-refractivity contribution in [3.8, 4) is 0 Å². The average Bonchev–Trinajstić information content (AvgIpc) is 3.98. The summed E-state index contributed by atoms with van der Waals surface area (Å²) in [6.45, 7) is 16.3. The molecule has 2 saturated carbocycles. The molecule has 0 radical (unpaired) electrons. The molecule has 0 bridgehead atoms. The van der Waals surface area contributed by atoms with E-state index in [2.05, 4.69) is 42.3 Å². The zero-order valence-corrected chi connectivity index (χ0v) is 33.6. The van der Waals surface area contributed by atoms with Crippen LogP contribution in [0, 0.1) is 17.7 Å². The van der Waals surface area contributed by atoms with Crippen LogP contribution in [0.15, 0.2) is 79.6 Å². The van der Waals surface area contributed by atoms with Gasteiger partial charge >= 0.3 is 6.09 Å². The van der Waals surface area contributed by atoms with Crippen LogP contribution in [0.2, 0.25) is 0 Å². The van der Waals surface area contributed by atoms with E-state index in [1.807, 2.05) is 13.8 Å². The van der Waals surface area contributed by atoms with Crippen molar-refractivity contribution in [3.05, 3.63) is 96.5 Å². The molecule has 0 spiro atoms. The summed E-state index contributed by atoms with van der Waals surface area (Å²) in [7, 11) is -3.47. The molecular weight excluding hydrogens is 726 g/mol. The number of hydrogen-bond acceptors (Lipinski definition) is 7. The van der Waals surface area contributed by atoms with Gasteiger partial charge in [0.15, 0.2) is 0 Å². The SMILES string of the molecule is C=C/C=C\C=C(/C=C)NCC(=O)N1CCCC1C(N)=O.CC.CCCCC/C=C\C1CC1C(=O)NS(=O)(=O)C1(C)CC1.O=C(O)N1Cc2cccc(F)c2C1. The van der Waals surface area contributed by atoms with Gasteiger partial charge in [0.1, 0.15) is 11.9 Å². The number of nitrogens with two attached hydrogens (primary N) is 1. The maximum Gasteiger partial charge on any atom is 0.407 e. The van der Waals surface area contributed by atoms with Crippen LogP contribution in [0.3, 0.4) is 0 Å². The molecule has 3 unspecified atom stereocenters. The molecular formula is C41H60FN5O7S. The largest absolute Gasteiger partial charge is 0.465 e. The Labute approximate surface area is 326 Å². The van der Waals surface area contributed by atoms with Crippen LogP contribution in [0.5, 0.6) is 0 Å². The van der Waals surface area contributed by atoms with Crippen LogP contribution in [0.4, 0.5) is 9.18 Å². The first-order valence-corrected chi connectivity index (χ1v) is 20.6. The summed E-state index contributed by atoms with van der Waals surface area (Å²) in [5.41, 5.74) is 7.29. The number of nitrogens with one attached hydrogen (secondary N) is 2. The van der Waals surface area contributed by atoms with Crippen LogP contribution in [0.1, 0.15) is 96.6 Å². The molecule has 0 aromatic heterocycles. The number of allylic oxidation sites excluding steroid dienone is 7. The molecule has 1 aromatic carbocycles. The number of likely N-dealkylation sites (tertiary alicyclic amines) is 1. The van der Waals surface area contributed by atoms with Gasteiger partial charge in [-0.25, -0.2) is 17.6 Å². The van der Waals surface area contributed by atoms with Crippen molar-refractivity contribution in [2.75, 3.05) is 13.1 Å². The van der Waals surface area contributed by atoms with Gasteiger partial charge in [0.2, 0.25) is 27.7 Å². The van der Waals surface area contributed by atoms with Gasteiger partial charge in [-0.15, -0.1) is 0 Å². The Kier molecular flexibility index (Phi) is 19.1. The van der Waals surface area contributed by atoms with Crippen molar-refractivity contribution in [1.29, 1.82) is 0 Å². The predicted molar refractivity (Wildman–Crippen MR) is 214 cm³/mol. The molecule has 1 aromatic rings. The highest BCUT2D eigenvalue weighted by atomic mass is 32.2. The number of unbranched alkanes of at least 4 members (excludes halogenated alkanes) is 3. The molecule has 2 aliphatic heterocycles. The van der Waals surface area contributed by atoms with Gasteiger partial charge in [0.05, 0.1) is 17.8 Å². The first-order chi connectivity index (χ1) is 26.2. The lowest BCUT2D eigenvalue weighted by molar-refractivity contribution is -0.136. The van der Waals surface area contributed by atoms with E-state index >= 15 is 0 Å². The lowest BCUT2D eigenvalue weighted by Crippen LogP contribution is -2.46. The third kappa shape index (κ3) is 14.5. The molecule has 3 atom stereocenters. The third-order valence-electron chi connectivity index (χ3n) is 9.66. The minimum atomic E-state index is -3.47. The lowest BCUT2D eigenvalue weighted by atomic mass is 10.1. The van der Waals surface area contributed by atoms with Crippen LogP contribution in [-0.4, -0.2) is 71.0 Å². The summed E-state index contributed by atoms with van der Waals surface area (Å²) >= 11 is 0. The second-order valence-electron chi connectivity index (χ2n) is 13.8. The standard InChI is InChI=1S/C15H21N3O2.C15H25NO3S.C9H8FNO2.C2H6/c1-3-5-6-8-12(4-2)17-11-14(19)18-10-7-9-13(18)15(16)20;1-3-4-5-6-7-8-12-11-13(12)14(17)16-20(18,19)15(2)9-10-15;10-8-3-1-2-6-4-11(9(12)13)5-7(6)8;1-2/h3-6,8,13,17H,1-2,7,9-11H2,(H2,16,20);7-8,12-13H,3-6,9-11H2,1-2H3,(H,16,17);1-3H,4-5H2,(H,12,13);1-2H3/b6-5-,12-8+;8-7-;;. The normalized spacial score (nSPS) is 20.5. The van der Waals surface area contributed by atoms with E-state index in [9.17, 15) is 32.0 Å². The number of rotatable bonds is 15. The van der Waals surface area contributed by atoms with E-state index in [1.165, 1.54) is 35.1 Å². The Bertz CT molecular complexity index is 1700. The van der Waals surface area contributed by atoms with Crippen LogP contribution < -0.4 is 15.8 Å². The van der Waals surface area contributed by atoms with Gasteiger partial charge in [-0.3, -0.25) is 24.0 Å². The molecule has 3 fully saturated rings. The highest BCUT2D eigenvalue weighted by molar-refractivity contribution is 7.91. The molecule has 4 amide bonds.